The molecule has 8 heteroatoms. The average Bonchev–Trinajstić information content (AvgIpc) is 3.04. The minimum atomic E-state index is -0.377. The Morgan fingerprint density at radius 1 is 0.879 bits per heavy atom. The number of nitrogens with one attached hydrogen (secondary N) is 2. The lowest BCUT2D eigenvalue weighted by atomic mass is 10.1. The van der Waals surface area contributed by atoms with Crippen molar-refractivity contribution in [1.82, 2.24) is 4.90 Å². The second kappa shape index (κ2) is 8.96. The zero-order chi connectivity index (χ0) is 23.5. The number of carbonyl (C=O) groups excluding carboxylic acids is 4. The van der Waals surface area contributed by atoms with E-state index in [1.807, 2.05) is 0 Å². The maximum Gasteiger partial charge on any atom is 0.261 e. The van der Waals surface area contributed by atoms with E-state index in [9.17, 15) is 19.2 Å². The van der Waals surface area contributed by atoms with Gasteiger partial charge in [-0.25, -0.2) is 0 Å². The van der Waals surface area contributed by atoms with Crippen molar-refractivity contribution in [3.63, 3.8) is 0 Å². The van der Waals surface area contributed by atoms with E-state index in [1.54, 1.807) is 66.7 Å². The van der Waals surface area contributed by atoms with Gasteiger partial charge in [-0.05, 0) is 48.0 Å². The van der Waals surface area contributed by atoms with Crippen LogP contribution in [0, 0.1) is 0 Å². The predicted molar refractivity (Wildman–Crippen MR) is 122 cm³/mol. The van der Waals surface area contributed by atoms with E-state index in [0.717, 1.165) is 0 Å². The van der Waals surface area contributed by atoms with Crippen LogP contribution in [-0.2, 0) is 11.3 Å². The number of benzene rings is 3. The van der Waals surface area contributed by atoms with Gasteiger partial charge in [-0.1, -0.05) is 24.3 Å². The summed E-state index contributed by atoms with van der Waals surface area (Å²) in [7, 11) is 1.48. The minimum absolute atomic E-state index is 0.0582. The van der Waals surface area contributed by atoms with E-state index in [2.05, 4.69) is 10.6 Å². The topological polar surface area (TPSA) is 105 Å². The minimum Gasteiger partial charge on any atom is -0.495 e. The summed E-state index contributed by atoms with van der Waals surface area (Å²) in [5.74, 6) is -0.884. The van der Waals surface area contributed by atoms with Gasteiger partial charge in [0.25, 0.3) is 17.7 Å². The van der Waals surface area contributed by atoms with E-state index in [4.69, 9.17) is 4.74 Å². The van der Waals surface area contributed by atoms with Crippen LogP contribution in [0.1, 0.15) is 43.6 Å². The van der Waals surface area contributed by atoms with Crippen molar-refractivity contribution in [1.29, 1.82) is 0 Å². The second-order valence-electron chi connectivity index (χ2n) is 7.49. The molecule has 0 aliphatic carbocycles. The molecule has 0 saturated heterocycles. The Bertz CT molecular complexity index is 1250. The van der Waals surface area contributed by atoms with Crippen LogP contribution in [0.25, 0.3) is 0 Å². The Morgan fingerprint density at radius 2 is 1.58 bits per heavy atom. The van der Waals surface area contributed by atoms with Gasteiger partial charge < -0.3 is 15.4 Å². The molecule has 1 aliphatic rings. The molecule has 0 fully saturated rings. The molecule has 0 radical (unpaired) electrons. The molecule has 33 heavy (non-hydrogen) atoms. The highest BCUT2D eigenvalue weighted by Gasteiger charge is 2.35. The number of rotatable bonds is 6. The van der Waals surface area contributed by atoms with E-state index in [1.165, 1.54) is 18.9 Å². The quantitative estimate of drug-likeness (QED) is 0.565. The van der Waals surface area contributed by atoms with Crippen LogP contribution in [-0.4, -0.2) is 35.6 Å². The number of nitrogens with zero attached hydrogens (tertiary/aromatic N) is 1. The lowest BCUT2D eigenvalue weighted by Gasteiger charge is -2.15. The number of fused-ring (bicyclic) bond motifs is 1. The molecule has 3 aromatic rings. The Morgan fingerprint density at radius 3 is 2.21 bits per heavy atom. The van der Waals surface area contributed by atoms with Crippen molar-refractivity contribution in [2.24, 2.45) is 0 Å². The van der Waals surface area contributed by atoms with Crippen molar-refractivity contribution in [2.75, 3.05) is 17.7 Å². The molecule has 4 amide bonds. The SMILES string of the molecule is COc1ccc(NC(=O)c2cccc(CN3C(=O)c4ccccc4C3=O)c2)cc1NC(C)=O. The lowest BCUT2D eigenvalue weighted by Crippen LogP contribution is -2.29. The number of ether oxygens (including phenoxy) is 1. The third kappa shape index (κ3) is 4.45. The van der Waals surface area contributed by atoms with Gasteiger partial charge in [-0.2, -0.15) is 0 Å². The first-order valence-electron chi connectivity index (χ1n) is 10.2. The third-order valence-corrected chi connectivity index (χ3v) is 5.18. The summed E-state index contributed by atoms with van der Waals surface area (Å²) >= 11 is 0. The smallest absolute Gasteiger partial charge is 0.261 e. The molecule has 0 unspecified atom stereocenters. The number of hydrogen-bond donors (Lipinski definition) is 2. The summed E-state index contributed by atoms with van der Waals surface area (Å²) in [4.78, 5) is 50.7. The molecule has 0 saturated carbocycles. The second-order valence-corrected chi connectivity index (χ2v) is 7.49. The van der Waals surface area contributed by atoms with Crippen LogP contribution < -0.4 is 15.4 Å². The van der Waals surface area contributed by atoms with Crippen LogP contribution in [0.5, 0.6) is 5.75 Å². The fourth-order valence-corrected chi connectivity index (χ4v) is 3.65. The maximum atomic E-state index is 12.8. The number of anilines is 2. The van der Waals surface area contributed by atoms with Gasteiger partial charge in [0.15, 0.2) is 0 Å². The molecule has 0 bridgehead atoms. The van der Waals surface area contributed by atoms with Gasteiger partial charge in [0.1, 0.15) is 5.75 Å². The highest BCUT2D eigenvalue weighted by atomic mass is 16.5. The summed E-state index contributed by atoms with van der Waals surface area (Å²) in [6.07, 6.45) is 0. The van der Waals surface area contributed by atoms with Crippen molar-refractivity contribution < 1.29 is 23.9 Å². The first-order chi connectivity index (χ1) is 15.9. The van der Waals surface area contributed by atoms with Gasteiger partial charge >= 0.3 is 0 Å². The summed E-state index contributed by atoms with van der Waals surface area (Å²) in [6.45, 7) is 1.44. The standard InChI is InChI=1S/C25H21N3O5/c1-15(29)26-21-13-18(10-11-22(21)33-2)27-23(30)17-7-5-6-16(12-17)14-28-24(31)19-8-3-4-9-20(19)25(28)32/h3-13H,14H2,1-2H3,(H,26,29)(H,27,30). The van der Waals surface area contributed by atoms with Crippen molar-refractivity contribution in [2.45, 2.75) is 13.5 Å². The van der Waals surface area contributed by atoms with Gasteiger partial charge in [0, 0.05) is 18.2 Å². The molecule has 0 aromatic heterocycles. The van der Waals surface area contributed by atoms with Crippen LogP contribution in [0.4, 0.5) is 11.4 Å². The number of carbonyl (C=O) groups is 4. The monoisotopic (exact) mass is 443 g/mol. The van der Waals surface area contributed by atoms with E-state index >= 15 is 0 Å². The molecule has 0 spiro atoms. The number of imide groups is 1. The van der Waals surface area contributed by atoms with Gasteiger partial charge in [0.05, 0.1) is 30.5 Å². The molecule has 8 nitrogen and oxygen atoms in total. The molecule has 166 valence electrons. The number of methoxy groups -OCH3 is 1. The summed E-state index contributed by atoms with van der Waals surface area (Å²) in [6, 6.07) is 18.3. The molecule has 1 heterocycles. The Hall–Kier alpha value is -4.46. The summed E-state index contributed by atoms with van der Waals surface area (Å²) in [5.41, 5.74) is 2.67. The fourth-order valence-electron chi connectivity index (χ4n) is 3.65. The highest BCUT2D eigenvalue weighted by molar-refractivity contribution is 6.21. The van der Waals surface area contributed by atoms with Gasteiger partial charge in [-0.15, -0.1) is 0 Å². The van der Waals surface area contributed by atoms with Crippen LogP contribution in [0.15, 0.2) is 66.7 Å². The van der Waals surface area contributed by atoms with E-state index in [-0.39, 0.29) is 30.2 Å². The maximum absolute atomic E-state index is 12.8. The van der Waals surface area contributed by atoms with Crippen molar-refractivity contribution >= 4 is 35.0 Å². The summed E-state index contributed by atoms with van der Waals surface area (Å²) in [5, 5.41) is 5.44. The van der Waals surface area contributed by atoms with Crippen molar-refractivity contribution in [3.8, 4) is 5.75 Å². The summed E-state index contributed by atoms with van der Waals surface area (Å²) < 4.78 is 5.22. The van der Waals surface area contributed by atoms with Crippen LogP contribution in [0.2, 0.25) is 0 Å². The Labute approximate surface area is 190 Å². The molecular weight excluding hydrogens is 422 g/mol. The van der Waals surface area contributed by atoms with Gasteiger partial charge in [0.2, 0.25) is 5.91 Å². The molecule has 2 N–H and O–H groups in total. The molecular formula is C25H21N3O5. The number of hydrogen-bond acceptors (Lipinski definition) is 5. The molecule has 4 rings (SSSR count). The fraction of sp³-hybridized carbons (Fsp3) is 0.120. The third-order valence-electron chi connectivity index (χ3n) is 5.18. The van der Waals surface area contributed by atoms with Crippen molar-refractivity contribution in [3.05, 3.63) is 89.0 Å². The zero-order valence-corrected chi connectivity index (χ0v) is 18.0. The molecule has 0 atom stereocenters. The molecule has 3 aromatic carbocycles. The first kappa shape index (κ1) is 21.8. The molecule has 1 aliphatic heterocycles. The van der Waals surface area contributed by atoms with E-state index < -0.39 is 0 Å². The normalized spacial score (nSPS) is 12.4. The zero-order valence-electron chi connectivity index (χ0n) is 18.0. The Balaban J connectivity index is 1.50. The lowest BCUT2D eigenvalue weighted by molar-refractivity contribution is -0.114. The number of amides is 4. The van der Waals surface area contributed by atoms with Crippen LogP contribution in [0.3, 0.4) is 0 Å². The predicted octanol–water partition coefficient (Wildman–Crippen LogP) is 3.70. The largest absolute Gasteiger partial charge is 0.495 e. The van der Waals surface area contributed by atoms with Crippen LogP contribution >= 0.6 is 0 Å². The Kier molecular flexibility index (Phi) is 5.91. The van der Waals surface area contributed by atoms with E-state index in [0.29, 0.717) is 39.4 Å². The van der Waals surface area contributed by atoms with Gasteiger partial charge in [-0.3, -0.25) is 24.1 Å². The highest BCUT2D eigenvalue weighted by Crippen LogP contribution is 2.28. The average molecular weight is 443 g/mol. The first-order valence-corrected chi connectivity index (χ1v) is 10.2.